The number of pyridine rings is 1. The van der Waals surface area contributed by atoms with Crippen molar-refractivity contribution in [2.75, 3.05) is 5.32 Å². The number of fused-ring (bicyclic) bond motifs is 1. The Morgan fingerprint density at radius 1 is 0.964 bits per heavy atom. The second kappa shape index (κ2) is 7.51. The number of ether oxygens (including phenoxy) is 1. The third kappa shape index (κ3) is 3.71. The normalized spacial score (nSPS) is 11.0. The van der Waals surface area contributed by atoms with Crippen molar-refractivity contribution in [2.24, 2.45) is 0 Å². The molecule has 0 saturated carbocycles. The lowest BCUT2D eigenvalue weighted by Crippen LogP contribution is -2.03. The second-order valence-electron chi connectivity index (χ2n) is 5.80. The molecule has 5 nitrogen and oxygen atoms in total. The van der Waals surface area contributed by atoms with Gasteiger partial charge in [0.05, 0.1) is 10.9 Å². The Kier molecular flexibility index (Phi) is 4.76. The molecule has 28 heavy (non-hydrogen) atoms. The van der Waals surface area contributed by atoms with Crippen LogP contribution < -0.4 is 10.1 Å². The molecule has 0 spiro atoms. The van der Waals surface area contributed by atoms with E-state index in [0.717, 1.165) is 0 Å². The van der Waals surface area contributed by atoms with Gasteiger partial charge in [-0.3, -0.25) is 4.98 Å². The predicted molar refractivity (Wildman–Crippen MR) is 99.1 cm³/mol. The van der Waals surface area contributed by atoms with Crippen molar-refractivity contribution >= 4 is 22.4 Å². The lowest BCUT2D eigenvalue weighted by atomic mass is 10.2. The van der Waals surface area contributed by atoms with Gasteiger partial charge in [-0.2, -0.15) is 8.78 Å². The molecule has 4 rings (SSSR count). The van der Waals surface area contributed by atoms with Gasteiger partial charge in [-0.05, 0) is 36.4 Å². The molecular formula is C20H13F3N4O. The molecule has 0 atom stereocenters. The largest absolute Gasteiger partial charge is 0.435 e. The fourth-order valence-corrected chi connectivity index (χ4v) is 2.74. The summed E-state index contributed by atoms with van der Waals surface area (Å²) in [5, 5.41) is 3.17. The summed E-state index contributed by atoms with van der Waals surface area (Å²) in [4.78, 5) is 12.9. The molecule has 0 fully saturated rings. The fraction of sp³-hybridized carbons (Fsp3) is 0.0500. The van der Waals surface area contributed by atoms with Crippen molar-refractivity contribution in [3.63, 3.8) is 0 Å². The SMILES string of the molecule is Fc1cccc2nc(-c3cccnc3)nc(Nc3cccc(OC(F)F)c3)c12. The van der Waals surface area contributed by atoms with E-state index in [0.29, 0.717) is 22.6 Å². The summed E-state index contributed by atoms with van der Waals surface area (Å²) in [5.74, 6) is 0.0360. The van der Waals surface area contributed by atoms with E-state index < -0.39 is 12.4 Å². The molecule has 0 aliphatic heterocycles. The van der Waals surface area contributed by atoms with Gasteiger partial charge in [-0.15, -0.1) is 0 Å². The summed E-state index contributed by atoms with van der Waals surface area (Å²) < 4.78 is 43.8. The second-order valence-corrected chi connectivity index (χ2v) is 5.80. The molecule has 0 radical (unpaired) electrons. The van der Waals surface area contributed by atoms with Crippen LogP contribution in [-0.2, 0) is 0 Å². The first-order chi connectivity index (χ1) is 13.6. The van der Waals surface area contributed by atoms with Gasteiger partial charge < -0.3 is 10.1 Å². The van der Waals surface area contributed by atoms with Crippen LogP contribution in [0.5, 0.6) is 5.75 Å². The lowest BCUT2D eigenvalue weighted by Gasteiger charge is -2.12. The van der Waals surface area contributed by atoms with Gasteiger partial charge in [0.25, 0.3) is 0 Å². The minimum atomic E-state index is -2.94. The highest BCUT2D eigenvalue weighted by Crippen LogP contribution is 2.30. The van der Waals surface area contributed by atoms with Gasteiger partial charge in [0.1, 0.15) is 17.4 Å². The maximum Gasteiger partial charge on any atom is 0.387 e. The first kappa shape index (κ1) is 17.7. The molecule has 0 bridgehead atoms. The van der Waals surface area contributed by atoms with Gasteiger partial charge in [0.15, 0.2) is 5.82 Å². The van der Waals surface area contributed by atoms with Gasteiger partial charge in [-0.1, -0.05) is 12.1 Å². The summed E-state index contributed by atoms with van der Waals surface area (Å²) in [7, 11) is 0. The number of nitrogens with zero attached hydrogens (tertiary/aromatic N) is 3. The molecule has 4 aromatic rings. The average molecular weight is 382 g/mol. The molecule has 0 saturated heterocycles. The Labute approximate surface area is 157 Å². The molecule has 0 amide bonds. The highest BCUT2D eigenvalue weighted by atomic mass is 19.3. The van der Waals surface area contributed by atoms with Gasteiger partial charge >= 0.3 is 6.61 Å². The van der Waals surface area contributed by atoms with Crippen LogP contribution in [0.15, 0.2) is 67.0 Å². The van der Waals surface area contributed by atoms with E-state index in [-0.39, 0.29) is 17.0 Å². The molecule has 2 aromatic heterocycles. The van der Waals surface area contributed by atoms with Crippen LogP contribution in [0.3, 0.4) is 0 Å². The average Bonchev–Trinajstić information content (AvgIpc) is 2.68. The maximum atomic E-state index is 14.5. The fourth-order valence-electron chi connectivity index (χ4n) is 2.74. The number of anilines is 2. The van der Waals surface area contributed by atoms with Gasteiger partial charge in [0.2, 0.25) is 0 Å². The topological polar surface area (TPSA) is 59.9 Å². The van der Waals surface area contributed by atoms with E-state index in [4.69, 9.17) is 0 Å². The summed E-state index contributed by atoms with van der Waals surface area (Å²) in [5.41, 5.74) is 1.47. The van der Waals surface area contributed by atoms with Crippen LogP contribution in [0.25, 0.3) is 22.3 Å². The number of rotatable bonds is 5. The van der Waals surface area contributed by atoms with E-state index in [9.17, 15) is 13.2 Å². The number of halogens is 3. The summed E-state index contributed by atoms with van der Waals surface area (Å²) in [6.07, 6.45) is 3.22. The summed E-state index contributed by atoms with van der Waals surface area (Å²) in [6, 6.07) is 14.0. The lowest BCUT2D eigenvalue weighted by molar-refractivity contribution is -0.0498. The Hall–Kier alpha value is -3.68. The quantitative estimate of drug-likeness (QED) is 0.516. The zero-order chi connectivity index (χ0) is 19.5. The Balaban J connectivity index is 1.81. The minimum Gasteiger partial charge on any atom is -0.435 e. The van der Waals surface area contributed by atoms with Crippen molar-refractivity contribution in [3.8, 4) is 17.1 Å². The molecule has 1 N–H and O–H groups in total. The van der Waals surface area contributed by atoms with Crippen LogP contribution in [0, 0.1) is 5.82 Å². The van der Waals surface area contributed by atoms with Crippen molar-refractivity contribution in [3.05, 3.63) is 72.8 Å². The number of benzene rings is 2. The Morgan fingerprint density at radius 3 is 2.61 bits per heavy atom. The van der Waals surface area contributed by atoms with Gasteiger partial charge in [0, 0.05) is 29.7 Å². The number of hydrogen-bond acceptors (Lipinski definition) is 5. The van der Waals surface area contributed by atoms with E-state index >= 15 is 0 Å². The summed E-state index contributed by atoms with van der Waals surface area (Å²) in [6.45, 7) is -2.94. The molecule has 140 valence electrons. The molecule has 2 heterocycles. The first-order valence-corrected chi connectivity index (χ1v) is 8.29. The molecule has 8 heteroatoms. The highest BCUT2D eigenvalue weighted by Gasteiger charge is 2.14. The number of alkyl halides is 2. The molecule has 2 aromatic carbocycles. The maximum absolute atomic E-state index is 14.5. The van der Waals surface area contributed by atoms with E-state index in [1.54, 1.807) is 48.8 Å². The number of aromatic nitrogens is 3. The zero-order valence-corrected chi connectivity index (χ0v) is 14.3. The van der Waals surface area contributed by atoms with E-state index in [1.807, 2.05) is 0 Å². The van der Waals surface area contributed by atoms with Crippen LogP contribution >= 0.6 is 0 Å². The van der Waals surface area contributed by atoms with Crippen molar-refractivity contribution in [1.82, 2.24) is 15.0 Å². The Morgan fingerprint density at radius 2 is 1.82 bits per heavy atom. The van der Waals surface area contributed by atoms with Crippen molar-refractivity contribution in [2.45, 2.75) is 6.61 Å². The number of hydrogen-bond donors (Lipinski definition) is 1. The first-order valence-electron chi connectivity index (χ1n) is 8.29. The smallest absolute Gasteiger partial charge is 0.387 e. The van der Waals surface area contributed by atoms with Crippen LogP contribution in [0.1, 0.15) is 0 Å². The monoisotopic (exact) mass is 382 g/mol. The van der Waals surface area contributed by atoms with E-state index in [1.165, 1.54) is 18.2 Å². The van der Waals surface area contributed by atoms with Crippen LogP contribution in [-0.4, -0.2) is 21.6 Å². The third-order valence-electron chi connectivity index (χ3n) is 3.91. The molecular weight excluding hydrogens is 369 g/mol. The predicted octanol–water partition coefficient (Wildman–Crippen LogP) is 5.18. The standard InChI is InChI=1S/C20H13F3N4O/c21-15-7-2-8-16-17(15)19(27-18(26-16)12-4-3-9-24-11-12)25-13-5-1-6-14(10-13)28-20(22)23/h1-11,20H,(H,25,26,27). The van der Waals surface area contributed by atoms with Crippen LogP contribution in [0.2, 0.25) is 0 Å². The third-order valence-corrected chi connectivity index (χ3v) is 3.91. The van der Waals surface area contributed by atoms with E-state index in [2.05, 4.69) is 25.0 Å². The molecule has 0 aliphatic rings. The molecule has 0 unspecified atom stereocenters. The summed E-state index contributed by atoms with van der Waals surface area (Å²) >= 11 is 0. The van der Waals surface area contributed by atoms with Crippen molar-refractivity contribution < 1.29 is 17.9 Å². The minimum absolute atomic E-state index is 0.0219. The van der Waals surface area contributed by atoms with Crippen molar-refractivity contribution in [1.29, 1.82) is 0 Å². The number of nitrogens with one attached hydrogen (secondary N) is 1. The van der Waals surface area contributed by atoms with Crippen LogP contribution in [0.4, 0.5) is 24.7 Å². The Bertz CT molecular complexity index is 1120. The van der Waals surface area contributed by atoms with Gasteiger partial charge in [-0.25, -0.2) is 14.4 Å². The zero-order valence-electron chi connectivity index (χ0n) is 14.3. The molecule has 0 aliphatic carbocycles. The highest BCUT2D eigenvalue weighted by molar-refractivity contribution is 5.92.